The number of aromatic nitrogens is 2. The number of amides is 1. The van der Waals surface area contributed by atoms with Crippen LogP contribution in [0.3, 0.4) is 0 Å². The Bertz CT molecular complexity index is 975. The van der Waals surface area contributed by atoms with Gasteiger partial charge in [-0.1, -0.05) is 0 Å². The zero-order chi connectivity index (χ0) is 21.7. The van der Waals surface area contributed by atoms with E-state index in [1.54, 1.807) is 18.7 Å². The molecule has 0 bridgehead atoms. The minimum atomic E-state index is -3.32. The van der Waals surface area contributed by atoms with Crippen LogP contribution < -0.4 is 0 Å². The highest BCUT2D eigenvalue weighted by atomic mass is 32.2. The van der Waals surface area contributed by atoms with E-state index in [2.05, 4.69) is 5.10 Å². The lowest BCUT2D eigenvalue weighted by molar-refractivity contribution is 0.0517. The van der Waals surface area contributed by atoms with Crippen LogP contribution in [-0.4, -0.2) is 75.9 Å². The van der Waals surface area contributed by atoms with Gasteiger partial charge in [-0.15, -0.1) is 0 Å². The molecule has 0 radical (unpaired) electrons. The van der Waals surface area contributed by atoms with Gasteiger partial charge < -0.3 is 14.7 Å². The second-order valence-corrected chi connectivity index (χ2v) is 11.7. The number of fused-ring (bicyclic) bond motifs is 1. The van der Waals surface area contributed by atoms with Gasteiger partial charge in [-0.3, -0.25) is 9.48 Å². The minimum Gasteiger partial charge on any atom is -0.461 e. The summed E-state index contributed by atoms with van der Waals surface area (Å²) in [6, 6.07) is 0. The molecule has 2 heterocycles. The Kier molecular flexibility index (Phi) is 5.21. The van der Waals surface area contributed by atoms with Crippen LogP contribution in [0.2, 0.25) is 0 Å². The highest BCUT2D eigenvalue weighted by molar-refractivity contribution is 7.94. The lowest BCUT2D eigenvalue weighted by Gasteiger charge is -2.32. The Labute approximate surface area is 176 Å². The monoisotopic (exact) mass is 439 g/mol. The number of sulfone groups is 1. The fourth-order valence-corrected chi connectivity index (χ4v) is 6.99. The topological polar surface area (TPSA) is 119 Å². The molecule has 4 rings (SSSR count). The van der Waals surface area contributed by atoms with E-state index >= 15 is 0 Å². The van der Waals surface area contributed by atoms with Gasteiger partial charge in [-0.25, -0.2) is 13.2 Å². The van der Waals surface area contributed by atoms with Crippen LogP contribution >= 0.6 is 0 Å². The molecule has 2 fully saturated rings. The van der Waals surface area contributed by atoms with Gasteiger partial charge >= 0.3 is 5.97 Å². The predicted molar refractivity (Wildman–Crippen MR) is 108 cm³/mol. The molecule has 2 saturated carbocycles. The molecule has 10 heteroatoms. The first kappa shape index (κ1) is 21.3. The van der Waals surface area contributed by atoms with Crippen molar-refractivity contribution in [2.24, 2.45) is 0 Å². The largest absolute Gasteiger partial charge is 0.461 e. The van der Waals surface area contributed by atoms with Crippen LogP contribution in [0.25, 0.3) is 0 Å². The Balaban J connectivity index is 1.62. The van der Waals surface area contributed by atoms with Crippen molar-refractivity contribution in [2.45, 2.75) is 68.4 Å². The van der Waals surface area contributed by atoms with Gasteiger partial charge in [-0.05, 0) is 52.4 Å². The standard InChI is InChI=1S/C20H29N3O6S/c1-3-29-18(26)15-14-5-11-22(17(25)16(14)23(21-15)10-4-12-24)13-20(8-9-20)30(27,28)19(2)6-7-19/h24H,3-13H2,1-2H3. The van der Waals surface area contributed by atoms with Crippen molar-refractivity contribution in [3.8, 4) is 0 Å². The third-order valence-electron chi connectivity index (χ3n) is 6.63. The van der Waals surface area contributed by atoms with E-state index in [0.29, 0.717) is 62.9 Å². The van der Waals surface area contributed by atoms with Crippen LogP contribution in [-0.2, 0) is 27.5 Å². The molecule has 1 N–H and O–H groups in total. The maximum Gasteiger partial charge on any atom is 0.359 e. The Morgan fingerprint density at radius 1 is 1.27 bits per heavy atom. The number of hydrogen-bond acceptors (Lipinski definition) is 7. The van der Waals surface area contributed by atoms with Gasteiger partial charge in [0.05, 0.1) is 16.1 Å². The first-order chi connectivity index (χ1) is 14.2. The second kappa shape index (κ2) is 7.33. The van der Waals surface area contributed by atoms with E-state index in [1.807, 2.05) is 0 Å². The molecule has 0 unspecified atom stereocenters. The summed E-state index contributed by atoms with van der Waals surface area (Å²) in [6.45, 7) is 4.46. The molecule has 1 aromatic rings. The maximum absolute atomic E-state index is 13.3. The molecule has 0 saturated heterocycles. The minimum absolute atomic E-state index is 0.0682. The second-order valence-electron chi connectivity index (χ2n) is 8.81. The molecule has 1 aliphatic heterocycles. The molecular formula is C20H29N3O6S. The van der Waals surface area contributed by atoms with Crippen molar-refractivity contribution in [3.05, 3.63) is 17.0 Å². The molecule has 1 aromatic heterocycles. The number of aliphatic hydroxyl groups excluding tert-OH is 1. The van der Waals surface area contributed by atoms with E-state index < -0.39 is 25.3 Å². The molecule has 3 aliphatic rings. The third-order valence-corrected chi connectivity index (χ3v) is 10.0. The number of rotatable bonds is 9. The summed E-state index contributed by atoms with van der Waals surface area (Å²) in [6.07, 6.45) is 3.35. The molecule has 9 nitrogen and oxygen atoms in total. The fourth-order valence-electron chi connectivity index (χ4n) is 4.34. The van der Waals surface area contributed by atoms with Gasteiger partial charge in [0, 0.05) is 31.8 Å². The van der Waals surface area contributed by atoms with Gasteiger partial charge in [-0.2, -0.15) is 5.10 Å². The van der Waals surface area contributed by atoms with E-state index in [4.69, 9.17) is 4.74 Å². The van der Waals surface area contributed by atoms with Gasteiger partial charge in [0.15, 0.2) is 15.5 Å². The Hall–Kier alpha value is -1.94. The van der Waals surface area contributed by atoms with Crippen LogP contribution in [0.5, 0.6) is 0 Å². The predicted octanol–water partition coefficient (Wildman–Crippen LogP) is 0.940. The van der Waals surface area contributed by atoms with Gasteiger partial charge in [0.25, 0.3) is 5.91 Å². The SMILES string of the molecule is CCOC(=O)c1nn(CCCO)c2c1CCN(CC1(S(=O)(=O)C3(C)CC3)CC1)C2=O. The number of ether oxygens (including phenoxy) is 1. The third kappa shape index (κ3) is 3.24. The summed E-state index contributed by atoms with van der Waals surface area (Å²) in [5, 5.41) is 13.5. The van der Waals surface area contributed by atoms with E-state index in [0.717, 1.165) is 0 Å². The molecule has 166 valence electrons. The molecule has 0 aromatic carbocycles. The van der Waals surface area contributed by atoms with Gasteiger partial charge in [0.1, 0.15) is 5.69 Å². The number of aryl methyl sites for hydroxylation is 1. The van der Waals surface area contributed by atoms with Crippen molar-refractivity contribution in [2.75, 3.05) is 26.3 Å². The maximum atomic E-state index is 13.3. The number of nitrogens with zero attached hydrogens (tertiary/aromatic N) is 3. The van der Waals surface area contributed by atoms with Crippen LogP contribution in [0, 0.1) is 0 Å². The quantitative estimate of drug-likeness (QED) is 0.569. The summed E-state index contributed by atoms with van der Waals surface area (Å²) in [4.78, 5) is 27.3. The molecule has 1 amide bonds. The Morgan fingerprint density at radius 2 is 1.97 bits per heavy atom. The highest BCUT2D eigenvalue weighted by Gasteiger charge is 2.65. The van der Waals surface area contributed by atoms with Crippen molar-refractivity contribution in [1.29, 1.82) is 0 Å². The number of aliphatic hydroxyl groups is 1. The van der Waals surface area contributed by atoms with E-state index in [9.17, 15) is 23.1 Å². The smallest absolute Gasteiger partial charge is 0.359 e. The average molecular weight is 440 g/mol. The van der Waals surface area contributed by atoms with Crippen LogP contribution in [0.1, 0.15) is 72.5 Å². The van der Waals surface area contributed by atoms with Crippen molar-refractivity contribution < 1.29 is 27.9 Å². The van der Waals surface area contributed by atoms with Crippen molar-refractivity contribution in [1.82, 2.24) is 14.7 Å². The normalized spacial score (nSPS) is 21.3. The molecule has 2 aliphatic carbocycles. The molecule has 0 atom stereocenters. The zero-order valence-electron chi connectivity index (χ0n) is 17.5. The summed E-state index contributed by atoms with van der Waals surface area (Å²) in [5.41, 5.74) is 0.995. The Morgan fingerprint density at radius 3 is 2.53 bits per heavy atom. The number of carbonyl (C=O) groups is 2. The number of esters is 1. The van der Waals surface area contributed by atoms with Crippen LogP contribution in [0.15, 0.2) is 0 Å². The first-order valence-corrected chi connectivity index (χ1v) is 12.1. The zero-order valence-corrected chi connectivity index (χ0v) is 18.3. The number of hydrogen-bond donors (Lipinski definition) is 1. The molecular weight excluding hydrogens is 410 g/mol. The van der Waals surface area contributed by atoms with Crippen molar-refractivity contribution >= 4 is 21.7 Å². The fraction of sp³-hybridized carbons (Fsp3) is 0.750. The summed E-state index contributed by atoms with van der Waals surface area (Å²) in [5.74, 6) is -0.875. The van der Waals surface area contributed by atoms with Crippen LogP contribution in [0.4, 0.5) is 0 Å². The number of carbonyl (C=O) groups excluding carboxylic acids is 2. The first-order valence-electron chi connectivity index (χ1n) is 10.6. The average Bonchev–Trinajstić information content (AvgIpc) is 3.61. The van der Waals surface area contributed by atoms with Gasteiger partial charge in [0.2, 0.25) is 0 Å². The lowest BCUT2D eigenvalue weighted by Crippen LogP contribution is -2.48. The van der Waals surface area contributed by atoms with Crippen molar-refractivity contribution in [3.63, 3.8) is 0 Å². The molecule has 30 heavy (non-hydrogen) atoms. The summed E-state index contributed by atoms with van der Waals surface area (Å²) >= 11 is 0. The highest BCUT2D eigenvalue weighted by Crippen LogP contribution is 2.56. The van der Waals surface area contributed by atoms with E-state index in [-0.39, 0.29) is 31.4 Å². The summed E-state index contributed by atoms with van der Waals surface area (Å²) < 4.78 is 31.4. The van der Waals surface area contributed by atoms with E-state index in [1.165, 1.54) is 4.68 Å². The summed E-state index contributed by atoms with van der Waals surface area (Å²) in [7, 11) is -3.32. The lowest BCUT2D eigenvalue weighted by atomic mass is 10.0. The molecule has 0 spiro atoms.